The fraction of sp³-hybridized carbons (Fsp3) is 0.462. The molecule has 1 saturated heterocycles. The minimum Gasteiger partial charge on any atom is -0.318 e. The summed E-state index contributed by atoms with van der Waals surface area (Å²) in [4.78, 5) is 0.173. The number of nitrogens with one attached hydrogen (secondary N) is 1. The van der Waals surface area contributed by atoms with Gasteiger partial charge in [0.15, 0.2) is 0 Å². The zero-order valence-electron chi connectivity index (χ0n) is 11.1. The van der Waals surface area contributed by atoms with E-state index in [0.717, 1.165) is 12.8 Å². The third-order valence-corrected chi connectivity index (χ3v) is 5.76. The number of likely N-dealkylation sites (N-methyl/N-ethyl adjacent to an activating group) is 1. The number of benzene rings is 1. The molecule has 20 heavy (non-hydrogen) atoms. The van der Waals surface area contributed by atoms with Crippen LogP contribution in [0, 0.1) is 11.3 Å². The summed E-state index contributed by atoms with van der Waals surface area (Å²) in [5.74, 6) is 0. The van der Waals surface area contributed by atoms with Crippen molar-refractivity contribution in [1.29, 1.82) is 5.26 Å². The van der Waals surface area contributed by atoms with E-state index in [9.17, 15) is 8.42 Å². The molecule has 1 aliphatic heterocycles. The Morgan fingerprint density at radius 2 is 2.25 bits per heavy atom. The predicted molar refractivity (Wildman–Crippen MR) is 79.7 cm³/mol. The van der Waals surface area contributed by atoms with Crippen LogP contribution in [-0.4, -0.2) is 38.9 Å². The van der Waals surface area contributed by atoms with Gasteiger partial charge < -0.3 is 5.32 Å². The van der Waals surface area contributed by atoms with Crippen LogP contribution in [0.3, 0.4) is 0 Å². The van der Waals surface area contributed by atoms with Crippen LogP contribution >= 0.6 is 15.9 Å². The van der Waals surface area contributed by atoms with Crippen LogP contribution in [-0.2, 0) is 10.0 Å². The monoisotopic (exact) mass is 357 g/mol. The van der Waals surface area contributed by atoms with Gasteiger partial charge in [0.1, 0.15) is 0 Å². The van der Waals surface area contributed by atoms with Crippen LogP contribution in [0.15, 0.2) is 27.6 Å². The summed E-state index contributed by atoms with van der Waals surface area (Å²) in [5.41, 5.74) is 0.335. The van der Waals surface area contributed by atoms with Gasteiger partial charge in [-0.15, -0.1) is 0 Å². The van der Waals surface area contributed by atoms with Crippen LogP contribution < -0.4 is 5.32 Å². The SMILES string of the molecule is CNCC1CCCN1S(=O)(=O)c1cc(Br)cc(C#N)c1. The van der Waals surface area contributed by atoms with E-state index in [2.05, 4.69) is 21.2 Å². The first-order chi connectivity index (χ1) is 9.48. The van der Waals surface area contributed by atoms with Crippen molar-refractivity contribution >= 4 is 26.0 Å². The molecule has 7 heteroatoms. The Balaban J connectivity index is 2.40. The van der Waals surface area contributed by atoms with Gasteiger partial charge in [-0.25, -0.2) is 8.42 Å². The number of sulfonamides is 1. The summed E-state index contributed by atoms with van der Waals surface area (Å²) in [5, 5.41) is 12.0. The highest BCUT2D eigenvalue weighted by Gasteiger charge is 2.35. The number of rotatable bonds is 4. The van der Waals surface area contributed by atoms with Crippen molar-refractivity contribution in [3.05, 3.63) is 28.2 Å². The topological polar surface area (TPSA) is 73.2 Å². The Labute approximate surface area is 127 Å². The number of hydrogen-bond donors (Lipinski definition) is 1. The van der Waals surface area contributed by atoms with Crippen molar-refractivity contribution in [2.24, 2.45) is 0 Å². The molecule has 5 nitrogen and oxygen atoms in total. The Morgan fingerprint density at radius 1 is 1.50 bits per heavy atom. The highest BCUT2D eigenvalue weighted by molar-refractivity contribution is 9.10. The Kier molecular flexibility index (Phi) is 4.81. The van der Waals surface area contributed by atoms with Crippen LogP contribution in [0.25, 0.3) is 0 Å². The third kappa shape index (κ3) is 3.04. The maximum absolute atomic E-state index is 12.7. The second kappa shape index (κ2) is 6.22. The van der Waals surface area contributed by atoms with Gasteiger partial charge >= 0.3 is 0 Å². The summed E-state index contributed by atoms with van der Waals surface area (Å²) in [6.07, 6.45) is 1.73. The largest absolute Gasteiger partial charge is 0.318 e. The maximum atomic E-state index is 12.7. The van der Waals surface area contributed by atoms with Crippen LogP contribution in [0.2, 0.25) is 0 Å². The summed E-state index contributed by atoms with van der Waals surface area (Å²) in [6.45, 7) is 1.17. The molecule has 0 spiro atoms. The molecule has 0 aromatic heterocycles. The molecule has 1 fully saturated rings. The quantitative estimate of drug-likeness (QED) is 0.889. The molecule has 1 N–H and O–H groups in total. The smallest absolute Gasteiger partial charge is 0.243 e. The van der Waals surface area contributed by atoms with E-state index in [1.807, 2.05) is 13.1 Å². The first kappa shape index (κ1) is 15.4. The van der Waals surface area contributed by atoms with Gasteiger partial charge in [-0.05, 0) is 38.1 Å². The van der Waals surface area contributed by atoms with Crippen molar-refractivity contribution in [1.82, 2.24) is 9.62 Å². The predicted octanol–water partition coefficient (Wildman–Crippen LogP) is 1.69. The molecular formula is C13H16BrN3O2S. The van der Waals surface area contributed by atoms with Crippen LogP contribution in [0.1, 0.15) is 18.4 Å². The first-order valence-electron chi connectivity index (χ1n) is 6.36. The number of nitrogens with zero attached hydrogens (tertiary/aromatic N) is 2. The second-order valence-electron chi connectivity index (χ2n) is 4.76. The maximum Gasteiger partial charge on any atom is 0.243 e. The summed E-state index contributed by atoms with van der Waals surface area (Å²) >= 11 is 3.25. The van der Waals surface area contributed by atoms with E-state index in [4.69, 9.17) is 5.26 Å². The molecule has 1 aliphatic rings. The Hall–Kier alpha value is -0.940. The lowest BCUT2D eigenvalue weighted by molar-refractivity contribution is 0.379. The van der Waals surface area contributed by atoms with E-state index in [0.29, 0.717) is 23.1 Å². The zero-order valence-corrected chi connectivity index (χ0v) is 13.5. The van der Waals surface area contributed by atoms with Crippen molar-refractivity contribution in [3.63, 3.8) is 0 Å². The lowest BCUT2D eigenvalue weighted by Crippen LogP contribution is -2.40. The molecule has 0 amide bonds. The lowest BCUT2D eigenvalue weighted by atomic mass is 10.2. The molecule has 0 bridgehead atoms. The van der Waals surface area contributed by atoms with Crippen LogP contribution in [0.5, 0.6) is 0 Å². The number of hydrogen-bond acceptors (Lipinski definition) is 4. The molecule has 0 radical (unpaired) electrons. The van der Waals surface area contributed by atoms with Crippen molar-refractivity contribution in [3.8, 4) is 6.07 Å². The van der Waals surface area contributed by atoms with E-state index >= 15 is 0 Å². The molecule has 1 aromatic carbocycles. The highest BCUT2D eigenvalue weighted by Crippen LogP contribution is 2.28. The Morgan fingerprint density at radius 3 is 2.90 bits per heavy atom. The average molecular weight is 358 g/mol. The van der Waals surface area contributed by atoms with Gasteiger partial charge in [0.2, 0.25) is 10.0 Å². The molecule has 1 atom stereocenters. The van der Waals surface area contributed by atoms with E-state index < -0.39 is 10.0 Å². The molecule has 1 unspecified atom stereocenters. The third-order valence-electron chi connectivity index (χ3n) is 3.37. The Bertz CT molecular complexity index is 640. The molecule has 0 aliphatic carbocycles. The number of nitriles is 1. The molecule has 1 aromatic rings. The average Bonchev–Trinajstić information content (AvgIpc) is 2.87. The minimum atomic E-state index is -3.55. The van der Waals surface area contributed by atoms with Crippen molar-refractivity contribution < 1.29 is 8.42 Å². The van der Waals surface area contributed by atoms with Gasteiger partial charge in [-0.1, -0.05) is 15.9 Å². The molecule has 2 rings (SSSR count). The zero-order chi connectivity index (χ0) is 14.8. The molecule has 108 valence electrons. The summed E-state index contributed by atoms with van der Waals surface area (Å²) in [7, 11) is -1.74. The van der Waals surface area contributed by atoms with Gasteiger partial charge in [-0.3, -0.25) is 0 Å². The fourth-order valence-electron chi connectivity index (χ4n) is 2.48. The van der Waals surface area contributed by atoms with E-state index in [1.54, 1.807) is 12.1 Å². The van der Waals surface area contributed by atoms with Gasteiger partial charge in [0.25, 0.3) is 0 Å². The highest BCUT2D eigenvalue weighted by atomic mass is 79.9. The minimum absolute atomic E-state index is 0.0190. The normalized spacial score (nSPS) is 19.9. The van der Waals surface area contributed by atoms with Gasteiger partial charge in [0.05, 0.1) is 16.5 Å². The van der Waals surface area contributed by atoms with Gasteiger partial charge in [0, 0.05) is 23.6 Å². The first-order valence-corrected chi connectivity index (χ1v) is 8.59. The summed E-state index contributed by atoms with van der Waals surface area (Å²) in [6, 6.07) is 6.54. The lowest BCUT2D eigenvalue weighted by Gasteiger charge is -2.24. The van der Waals surface area contributed by atoms with Crippen LogP contribution in [0.4, 0.5) is 0 Å². The van der Waals surface area contributed by atoms with E-state index in [1.165, 1.54) is 10.4 Å². The standard InChI is InChI=1S/C13H16BrN3O2S/c1-16-9-12-3-2-4-17(12)20(18,19)13-6-10(8-15)5-11(14)7-13/h5-7,12,16H,2-4,9H2,1H3. The fourth-order valence-corrected chi connectivity index (χ4v) is 4.89. The van der Waals surface area contributed by atoms with Crippen molar-refractivity contribution in [2.45, 2.75) is 23.8 Å². The molecular weight excluding hydrogens is 342 g/mol. The summed E-state index contributed by atoms with van der Waals surface area (Å²) < 4.78 is 27.5. The van der Waals surface area contributed by atoms with Crippen molar-refractivity contribution in [2.75, 3.05) is 20.1 Å². The second-order valence-corrected chi connectivity index (χ2v) is 7.56. The molecule has 1 heterocycles. The number of halogens is 1. The van der Waals surface area contributed by atoms with E-state index in [-0.39, 0.29) is 10.9 Å². The van der Waals surface area contributed by atoms with Gasteiger partial charge in [-0.2, -0.15) is 9.57 Å². The molecule has 0 saturated carbocycles.